The molecule has 0 spiro atoms. The number of aryl methyl sites for hydroxylation is 1. The van der Waals surface area contributed by atoms with Crippen LogP contribution in [0, 0.1) is 13.8 Å². The van der Waals surface area contributed by atoms with E-state index in [9.17, 15) is 0 Å². The molecule has 8 nitrogen and oxygen atoms in total. The van der Waals surface area contributed by atoms with Crippen molar-refractivity contribution >= 4 is 28.6 Å². The predicted octanol–water partition coefficient (Wildman–Crippen LogP) is 2.21. The molecule has 0 bridgehead atoms. The Morgan fingerprint density at radius 1 is 1.04 bits per heavy atom. The van der Waals surface area contributed by atoms with Crippen LogP contribution in [0.3, 0.4) is 0 Å². The third-order valence-electron chi connectivity index (χ3n) is 4.26. The number of benzene rings is 1. The van der Waals surface area contributed by atoms with Crippen molar-refractivity contribution in [3.05, 3.63) is 29.3 Å². The molecule has 1 fully saturated rings. The standard InChI is InChI=1S/C16H18N6O2/c1-10-4-3-5-12(11(10)2)17-15-16(22-6-8-23-9-7-22)19-14-13(18-15)20-24-21-14/h3-5H,6-9H2,1-2H3,(H,17,18,20). The van der Waals surface area contributed by atoms with Crippen LogP contribution in [-0.2, 0) is 4.74 Å². The van der Waals surface area contributed by atoms with Gasteiger partial charge in [0, 0.05) is 18.8 Å². The van der Waals surface area contributed by atoms with Gasteiger partial charge in [-0.25, -0.2) is 14.6 Å². The topological polar surface area (TPSA) is 89.2 Å². The maximum Gasteiger partial charge on any atom is 0.245 e. The van der Waals surface area contributed by atoms with Crippen molar-refractivity contribution < 1.29 is 9.37 Å². The number of nitrogens with one attached hydrogen (secondary N) is 1. The third kappa shape index (κ3) is 2.65. The van der Waals surface area contributed by atoms with Gasteiger partial charge in [-0.1, -0.05) is 12.1 Å². The van der Waals surface area contributed by atoms with Gasteiger partial charge in [-0.15, -0.1) is 0 Å². The molecule has 1 aromatic carbocycles. The maximum atomic E-state index is 5.43. The number of aromatic nitrogens is 4. The lowest BCUT2D eigenvalue weighted by Gasteiger charge is -2.29. The van der Waals surface area contributed by atoms with Gasteiger partial charge in [0.1, 0.15) is 0 Å². The van der Waals surface area contributed by atoms with Crippen molar-refractivity contribution in [2.45, 2.75) is 13.8 Å². The lowest BCUT2D eigenvalue weighted by molar-refractivity contribution is 0.122. The summed E-state index contributed by atoms with van der Waals surface area (Å²) in [6.07, 6.45) is 0. The Morgan fingerprint density at radius 3 is 2.58 bits per heavy atom. The van der Waals surface area contributed by atoms with Crippen LogP contribution in [0.15, 0.2) is 22.8 Å². The molecule has 0 unspecified atom stereocenters. The summed E-state index contributed by atoms with van der Waals surface area (Å²) in [4.78, 5) is 11.3. The number of hydrogen-bond donors (Lipinski definition) is 1. The first-order valence-electron chi connectivity index (χ1n) is 7.88. The molecule has 0 atom stereocenters. The van der Waals surface area contributed by atoms with Crippen LogP contribution in [0.5, 0.6) is 0 Å². The average Bonchev–Trinajstić information content (AvgIpc) is 3.06. The Morgan fingerprint density at radius 2 is 1.79 bits per heavy atom. The maximum absolute atomic E-state index is 5.43. The van der Waals surface area contributed by atoms with Gasteiger partial charge in [0.05, 0.1) is 13.2 Å². The van der Waals surface area contributed by atoms with Crippen molar-refractivity contribution in [1.82, 2.24) is 20.3 Å². The molecule has 3 heterocycles. The van der Waals surface area contributed by atoms with E-state index >= 15 is 0 Å². The molecule has 1 saturated heterocycles. The molecule has 2 aromatic heterocycles. The van der Waals surface area contributed by atoms with E-state index in [2.05, 4.69) is 50.4 Å². The molecule has 0 aliphatic carbocycles. The normalized spacial score (nSPS) is 15.0. The molecule has 24 heavy (non-hydrogen) atoms. The predicted molar refractivity (Wildman–Crippen MR) is 89.6 cm³/mol. The van der Waals surface area contributed by atoms with E-state index in [1.54, 1.807) is 0 Å². The summed E-state index contributed by atoms with van der Waals surface area (Å²) in [5, 5.41) is 11.0. The average molecular weight is 326 g/mol. The highest BCUT2D eigenvalue weighted by atomic mass is 16.6. The van der Waals surface area contributed by atoms with Crippen LogP contribution in [0.2, 0.25) is 0 Å². The van der Waals surface area contributed by atoms with Gasteiger partial charge in [0.15, 0.2) is 11.6 Å². The fourth-order valence-electron chi connectivity index (χ4n) is 2.72. The van der Waals surface area contributed by atoms with Crippen LogP contribution in [0.4, 0.5) is 17.3 Å². The fourth-order valence-corrected chi connectivity index (χ4v) is 2.72. The van der Waals surface area contributed by atoms with Gasteiger partial charge < -0.3 is 15.0 Å². The first-order chi connectivity index (χ1) is 11.7. The van der Waals surface area contributed by atoms with Crippen LogP contribution in [0.25, 0.3) is 11.3 Å². The third-order valence-corrected chi connectivity index (χ3v) is 4.26. The highest BCUT2D eigenvalue weighted by molar-refractivity contribution is 5.78. The van der Waals surface area contributed by atoms with Gasteiger partial charge in [0.2, 0.25) is 11.3 Å². The van der Waals surface area contributed by atoms with Crippen molar-refractivity contribution in [2.24, 2.45) is 0 Å². The van der Waals surface area contributed by atoms with Crippen molar-refractivity contribution in [3.63, 3.8) is 0 Å². The van der Waals surface area contributed by atoms with Gasteiger partial charge in [-0.05, 0) is 41.4 Å². The summed E-state index contributed by atoms with van der Waals surface area (Å²) < 4.78 is 10.2. The van der Waals surface area contributed by atoms with E-state index in [-0.39, 0.29) is 0 Å². The van der Waals surface area contributed by atoms with Crippen molar-refractivity contribution in [2.75, 3.05) is 36.5 Å². The van der Waals surface area contributed by atoms with Crippen LogP contribution in [0.1, 0.15) is 11.1 Å². The molecule has 124 valence electrons. The quantitative estimate of drug-likeness (QED) is 0.783. The zero-order valence-corrected chi connectivity index (χ0v) is 13.6. The molecule has 0 radical (unpaired) electrons. The number of anilines is 3. The first-order valence-corrected chi connectivity index (χ1v) is 7.88. The smallest absolute Gasteiger partial charge is 0.245 e. The zero-order valence-electron chi connectivity index (χ0n) is 13.6. The molecule has 8 heteroatoms. The minimum atomic E-state index is 0.389. The summed E-state index contributed by atoms with van der Waals surface area (Å²) >= 11 is 0. The Hall–Kier alpha value is -2.74. The number of hydrogen-bond acceptors (Lipinski definition) is 8. The van der Waals surface area contributed by atoms with E-state index in [0.29, 0.717) is 30.3 Å². The molecule has 1 aliphatic rings. The second kappa shape index (κ2) is 6.04. The van der Waals surface area contributed by atoms with Crippen LogP contribution >= 0.6 is 0 Å². The Kier molecular flexibility index (Phi) is 3.73. The van der Waals surface area contributed by atoms with Gasteiger partial charge in [-0.2, -0.15) is 0 Å². The minimum absolute atomic E-state index is 0.389. The summed E-state index contributed by atoms with van der Waals surface area (Å²) in [7, 11) is 0. The fraction of sp³-hybridized carbons (Fsp3) is 0.375. The monoisotopic (exact) mass is 326 g/mol. The molecule has 1 N–H and O–H groups in total. The second-order valence-electron chi connectivity index (χ2n) is 5.78. The summed E-state index contributed by atoms with van der Waals surface area (Å²) in [6, 6.07) is 6.13. The number of ether oxygens (including phenoxy) is 1. The lowest BCUT2D eigenvalue weighted by Crippen LogP contribution is -2.37. The molecule has 1 aliphatic heterocycles. The molecule has 0 saturated carbocycles. The second-order valence-corrected chi connectivity index (χ2v) is 5.78. The van der Waals surface area contributed by atoms with Crippen molar-refractivity contribution in [1.29, 1.82) is 0 Å². The number of nitrogens with zero attached hydrogens (tertiary/aromatic N) is 5. The van der Waals surface area contributed by atoms with E-state index in [0.717, 1.165) is 24.6 Å². The van der Waals surface area contributed by atoms with E-state index in [4.69, 9.17) is 9.37 Å². The van der Waals surface area contributed by atoms with E-state index in [1.807, 2.05) is 12.1 Å². The highest BCUT2D eigenvalue weighted by Gasteiger charge is 2.21. The Balaban J connectivity index is 1.78. The SMILES string of the molecule is Cc1cccc(Nc2nc3nonc3nc2N2CCOCC2)c1C. The molecular formula is C16H18N6O2. The zero-order chi connectivity index (χ0) is 16.5. The van der Waals surface area contributed by atoms with Gasteiger partial charge >= 0.3 is 0 Å². The largest absolute Gasteiger partial charge is 0.378 e. The molecule has 0 amide bonds. The molecule has 4 rings (SSSR count). The van der Waals surface area contributed by atoms with Gasteiger partial charge in [0.25, 0.3) is 0 Å². The Labute approximate surface area is 138 Å². The van der Waals surface area contributed by atoms with Gasteiger partial charge in [-0.3, -0.25) is 0 Å². The van der Waals surface area contributed by atoms with E-state index in [1.165, 1.54) is 11.1 Å². The van der Waals surface area contributed by atoms with Crippen molar-refractivity contribution in [3.8, 4) is 0 Å². The lowest BCUT2D eigenvalue weighted by atomic mass is 10.1. The number of morpholine rings is 1. The minimum Gasteiger partial charge on any atom is -0.378 e. The van der Waals surface area contributed by atoms with E-state index < -0.39 is 0 Å². The number of fused-ring (bicyclic) bond motifs is 1. The number of rotatable bonds is 3. The molecule has 3 aromatic rings. The summed E-state index contributed by atoms with van der Waals surface area (Å²) in [5.74, 6) is 1.39. The molecular weight excluding hydrogens is 308 g/mol. The van der Waals surface area contributed by atoms with Crippen LogP contribution in [-0.4, -0.2) is 46.6 Å². The van der Waals surface area contributed by atoms with Crippen LogP contribution < -0.4 is 10.2 Å². The Bertz CT molecular complexity index is 872. The highest BCUT2D eigenvalue weighted by Crippen LogP contribution is 2.29. The summed E-state index contributed by atoms with van der Waals surface area (Å²) in [5.41, 5.74) is 4.17. The first kappa shape index (κ1) is 14.8. The summed E-state index contributed by atoms with van der Waals surface area (Å²) in [6.45, 7) is 7.01.